The molecule has 21 heavy (non-hydrogen) atoms. The second-order valence-corrected chi connectivity index (χ2v) is 6.62. The van der Waals surface area contributed by atoms with E-state index in [0.717, 1.165) is 44.4 Å². The maximum Gasteiger partial charge on any atom is 0.185 e. The van der Waals surface area contributed by atoms with E-state index in [-0.39, 0.29) is 0 Å². The number of aromatic nitrogens is 1. The van der Waals surface area contributed by atoms with Gasteiger partial charge in [0.25, 0.3) is 0 Å². The van der Waals surface area contributed by atoms with Gasteiger partial charge in [-0.1, -0.05) is 12.1 Å². The lowest BCUT2D eigenvalue weighted by atomic mass is 10.1. The summed E-state index contributed by atoms with van der Waals surface area (Å²) in [6, 6.07) is 6.91. The number of thiazole rings is 1. The van der Waals surface area contributed by atoms with Gasteiger partial charge < -0.3 is 10.2 Å². The molecule has 2 aliphatic rings. The smallest absolute Gasteiger partial charge is 0.185 e. The van der Waals surface area contributed by atoms with E-state index in [9.17, 15) is 0 Å². The first kappa shape index (κ1) is 13.1. The van der Waals surface area contributed by atoms with Gasteiger partial charge in [0.15, 0.2) is 5.13 Å². The van der Waals surface area contributed by atoms with Crippen molar-refractivity contribution in [3.63, 3.8) is 0 Å². The molecule has 2 aliphatic heterocycles. The molecule has 0 unspecified atom stereocenters. The van der Waals surface area contributed by atoms with Gasteiger partial charge >= 0.3 is 0 Å². The van der Waals surface area contributed by atoms with Crippen molar-refractivity contribution in [3.05, 3.63) is 40.9 Å². The third kappa shape index (κ3) is 2.76. The highest BCUT2D eigenvalue weighted by molar-refractivity contribution is 7.13. The lowest BCUT2D eigenvalue weighted by molar-refractivity contribution is 0.250. The van der Waals surface area contributed by atoms with E-state index < -0.39 is 0 Å². The van der Waals surface area contributed by atoms with Crippen LogP contribution in [0.15, 0.2) is 29.8 Å². The van der Waals surface area contributed by atoms with E-state index in [0.29, 0.717) is 0 Å². The van der Waals surface area contributed by atoms with Crippen LogP contribution in [-0.4, -0.2) is 42.6 Å². The van der Waals surface area contributed by atoms with Crippen LogP contribution in [-0.2, 0) is 13.0 Å². The minimum absolute atomic E-state index is 1.06. The van der Waals surface area contributed by atoms with E-state index >= 15 is 0 Å². The van der Waals surface area contributed by atoms with Gasteiger partial charge in [0.2, 0.25) is 0 Å². The molecule has 0 spiro atoms. The maximum absolute atomic E-state index is 4.41. The summed E-state index contributed by atoms with van der Waals surface area (Å²) in [5.74, 6) is 0. The van der Waals surface area contributed by atoms with Crippen LogP contribution < -0.4 is 10.2 Å². The molecule has 0 radical (unpaired) electrons. The zero-order valence-electron chi connectivity index (χ0n) is 12.1. The van der Waals surface area contributed by atoms with Crippen LogP contribution in [0, 0.1) is 0 Å². The molecule has 4 rings (SSSR count). The van der Waals surface area contributed by atoms with E-state index in [1.54, 1.807) is 11.3 Å². The Bertz CT molecular complexity index is 603. The molecule has 0 amide bonds. The van der Waals surface area contributed by atoms with Crippen molar-refractivity contribution in [2.45, 2.75) is 13.0 Å². The van der Waals surface area contributed by atoms with Gasteiger partial charge in [-0.05, 0) is 23.6 Å². The summed E-state index contributed by atoms with van der Waals surface area (Å²) >= 11 is 1.74. The minimum atomic E-state index is 1.06. The molecule has 5 heteroatoms. The summed E-state index contributed by atoms with van der Waals surface area (Å²) < 4.78 is 0. The second kappa shape index (κ2) is 5.66. The number of anilines is 2. The molecule has 0 aliphatic carbocycles. The number of rotatable bonds is 3. The summed E-state index contributed by atoms with van der Waals surface area (Å²) in [4.78, 5) is 9.34. The van der Waals surface area contributed by atoms with Gasteiger partial charge in [-0.2, -0.15) is 0 Å². The Morgan fingerprint density at radius 1 is 1.19 bits per heavy atom. The Labute approximate surface area is 129 Å². The standard InChI is InChI=1S/C16H20N4S/c1-2-14-3-4-17-15(14)11-13(1)12-19-6-8-20(9-7-19)16-18-5-10-21-16/h1-2,5,10-11,17H,3-4,6-9,12H2. The van der Waals surface area contributed by atoms with Crippen LogP contribution in [0.2, 0.25) is 0 Å². The Morgan fingerprint density at radius 3 is 2.90 bits per heavy atom. The highest BCUT2D eigenvalue weighted by Gasteiger charge is 2.19. The molecule has 0 saturated carbocycles. The number of hydrogen-bond donors (Lipinski definition) is 1. The van der Waals surface area contributed by atoms with Crippen LogP contribution in [0.5, 0.6) is 0 Å². The van der Waals surface area contributed by atoms with Crippen molar-refractivity contribution in [2.75, 3.05) is 42.9 Å². The zero-order chi connectivity index (χ0) is 14.1. The average Bonchev–Trinajstić information content (AvgIpc) is 3.19. The van der Waals surface area contributed by atoms with Crippen molar-refractivity contribution in [1.29, 1.82) is 0 Å². The van der Waals surface area contributed by atoms with Gasteiger partial charge in [-0.15, -0.1) is 11.3 Å². The molecule has 1 aromatic heterocycles. The molecule has 1 N–H and O–H groups in total. The molecule has 1 aromatic carbocycles. The van der Waals surface area contributed by atoms with Crippen LogP contribution in [0.1, 0.15) is 11.1 Å². The van der Waals surface area contributed by atoms with E-state index in [1.807, 2.05) is 6.20 Å². The normalized spacial score (nSPS) is 18.6. The molecule has 4 nitrogen and oxygen atoms in total. The number of nitrogens with one attached hydrogen (secondary N) is 1. The Morgan fingerprint density at radius 2 is 2.10 bits per heavy atom. The summed E-state index contributed by atoms with van der Waals surface area (Å²) in [5.41, 5.74) is 4.23. The molecule has 0 atom stereocenters. The van der Waals surface area contributed by atoms with Gasteiger partial charge in [0, 0.05) is 56.5 Å². The van der Waals surface area contributed by atoms with Crippen molar-refractivity contribution in [2.24, 2.45) is 0 Å². The number of fused-ring (bicyclic) bond motifs is 1. The largest absolute Gasteiger partial charge is 0.384 e. The molecule has 110 valence electrons. The Kier molecular flexibility index (Phi) is 3.53. The zero-order valence-corrected chi connectivity index (χ0v) is 12.9. The topological polar surface area (TPSA) is 31.4 Å². The van der Waals surface area contributed by atoms with Gasteiger partial charge in [0.05, 0.1) is 0 Å². The molecule has 2 aromatic rings. The first-order chi connectivity index (χ1) is 10.4. The third-order valence-electron chi connectivity index (χ3n) is 4.35. The van der Waals surface area contributed by atoms with Crippen LogP contribution in [0.3, 0.4) is 0 Å². The number of piperazine rings is 1. The number of nitrogens with zero attached hydrogens (tertiary/aromatic N) is 3. The van der Waals surface area contributed by atoms with Crippen LogP contribution in [0.4, 0.5) is 10.8 Å². The quantitative estimate of drug-likeness (QED) is 0.943. The van der Waals surface area contributed by atoms with Crippen molar-refractivity contribution < 1.29 is 0 Å². The van der Waals surface area contributed by atoms with Crippen LogP contribution >= 0.6 is 11.3 Å². The monoisotopic (exact) mass is 300 g/mol. The Hall–Kier alpha value is -1.59. The minimum Gasteiger partial charge on any atom is -0.384 e. The Balaban J connectivity index is 1.36. The first-order valence-electron chi connectivity index (χ1n) is 7.61. The van der Waals surface area contributed by atoms with Crippen LogP contribution in [0.25, 0.3) is 0 Å². The van der Waals surface area contributed by atoms with Gasteiger partial charge in [-0.25, -0.2) is 4.98 Å². The lowest BCUT2D eigenvalue weighted by Crippen LogP contribution is -2.45. The molecule has 3 heterocycles. The fourth-order valence-corrected chi connectivity index (χ4v) is 3.86. The van der Waals surface area contributed by atoms with E-state index in [1.165, 1.54) is 23.2 Å². The van der Waals surface area contributed by atoms with Gasteiger partial charge in [0.1, 0.15) is 0 Å². The predicted octanol–water partition coefficient (Wildman–Crippen LogP) is 2.43. The second-order valence-electron chi connectivity index (χ2n) is 5.75. The highest BCUT2D eigenvalue weighted by Crippen LogP contribution is 2.24. The summed E-state index contributed by atoms with van der Waals surface area (Å²) in [5, 5.41) is 6.69. The van der Waals surface area contributed by atoms with E-state index in [4.69, 9.17) is 0 Å². The van der Waals surface area contributed by atoms with Crippen molar-refractivity contribution >= 4 is 22.2 Å². The summed E-state index contributed by atoms with van der Waals surface area (Å²) in [7, 11) is 0. The molecule has 1 saturated heterocycles. The molecule has 0 bridgehead atoms. The third-order valence-corrected chi connectivity index (χ3v) is 5.18. The van der Waals surface area contributed by atoms with E-state index in [2.05, 4.69) is 43.7 Å². The number of benzene rings is 1. The highest BCUT2D eigenvalue weighted by atomic mass is 32.1. The van der Waals surface area contributed by atoms with Crippen molar-refractivity contribution in [1.82, 2.24) is 9.88 Å². The maximum atomic E-state index is 4.41. The molecular formula is C16H20N4S. The van der Waals surface area contributed by atoms with Crippen molar-refractivity contribution in [3.8, 4) is 0 Å². The summed E-state index contributed by atoms with van der Waals surface area (Å²) in [6.07, 6.45) is 3.06. The fourth-order valence-electron chi connectivity index (χ4n) is 3.16. The molecular weight excluding hydrogens is 280 g/mol. The average molecular weight is 300 g/mol. The fraction of sp³-hybridized carbons (Fsp3) is 0.438. The first-order valence-corrected chi connectivity index (χ1v) is 8.49. The predicted molar refractivity (Wildman–Crippen MR) is 88.2 cm³/mol. The number of hydrogen-bond acceptors (Lipinski definition) is 5. The SMILES string of the molecule is c1csc(N2CCN(Cc3ccc4c(c3)NCC4)CC2)n1. The lowest BCUT2D eigenvalue weighted by Gasteiger charge is -2.34. The summed E-state index contributed by atoms with van der Waals surface area (Å²) in [6.45, 7) is 6.54. The molecule has 1 fully saturated rings. The van der Waals surface area contributed by atoms with Gasteiger partial charge in [-0.3, -0.25) is 4.90 Å².